The molecule has 0 saturated carbocycles. The van der Waals surface area contributed by atoms with Crippen molar-refractivity contribution in [2.45, 2.75) is 45.1 Å². The van der Waals surface area contributed by atoms with E-state index in [0.717, 1.165) is 12.6 Å². The first-order valence-electron chi connectivity index (χ1n) is 7.40. The monoisotopic (exact) mass is 240 g/mol. The topological polar surface area (TPSA) is 26.7 Å². The minimum atomic E-state index is 0.380. The molecule has 0 spiro atoms. The van der Waals surface area contributed by atoms with Gasteiger partial charge in [-0.2, -0.15) is 0 Å². The Hall–Kier alpha value is -0.120. The first-order chi connectivity index (χ1) is 8.33. The van der Waals surface area contributed by atoms with Gasteiger partial charge in [0.25, 0.3) is 0 Å². The third-order valence-electron chi connectivity index (χ3n) is 4.42. The molecule has 2 aliphatic heterocycles. The van der Waals surface area contributed by atoms with Crippen molar-refractivity contribution in [1.82, 2.24) is 9.80 Å². The zero-order valence-electron chi connectivity index (χ0n) is 11.3. The molecule has 2 saturated heterocycles. The van der Waals surface area contributed by atoms with Crippen LogP contribution in [0.5, 0.6) is 0 Å². The van der Waals surface area contributed by atoms with E-state index in [1.165, 1.54) is 58.3 Å². The Balaban J connectivity index is 1.76. The highest BCUT2D eigenvalue weighted by Crippen LogP contribution is 2.23. The van der Waals surface area contributed by atoms with Crippen LogP contribution in [0.15, 0.2) is 0 Å². The molecule has 0 aliphatic carbocycles. The molecule has 0 bridgehead atoms. The summed E-state index contributed by atoms with van der Waals surface area (Å²) in [5.74, 6) is 0.539. The Morgan fingerprint density at radius 1 is 1.12 bits per heavy atom. The lowest BCUT2D eigenvalue weighted by molar-refractivity contribution is 0.0543. The third-order valence-corrected chi connectivity index (χ3v) is 4.42. The number of likely N-dealkylation sites (tertiary alicyclic amines) is 2. The van der Waals surface area contributed by atoms with E-state index >= 15 is 0 Å². The molecule has 2 fully saturated rings. The minimum Gasteiger partial charge on any atom is -0.396 e. The zero-order valence-corrected chi connectivity index (χ0v) is 11.3. The second-order valence-electron chi connectivity index (χ2n) is 5.76. The average Bonchev–Trinajstić information content (AvgIpc) is 2.40. The fraction of sp³-hybridized carbons (Fsp3) is 1.00. The van der Waals surface area contributed by atoms with Gasteiger partial charge in [0, 0.05) is 19.2 Å². The van der Waals surface area contributed by atoms with Crippen molar-refractivity contribution >= 4 is 0 Å². The molecule has 0 aromatic rings. The van der Waals surface area contributed by atoms with E-state index in [1.54, 1.807) is 0 Å². The SMILES string of the molecule is CCCN1CCC(N2CCCC(CO)C2)CC1. The van der Waals surface area contributed by atoms with Gasteiger partial charge in [0.15, 0.2) is 0 Å². The van der Waals surface area contributed by atoms with Crippen LogP contribution >= 0.6 is 0 Å². The molecule has 2 aliphatic rings. The maximum Gasteiger partial charge on any atom is 0.0471 e. The molecule has 3 heteroatoms. The third kappa shape index (κ3) is 3.67. The molecule has 0 aromatic heterocycles. The maximum atomic E-state index is 9.28. The maximum absolute atomic E-state index is 9.28. The predicted octanol–water partition coefficient (Wildman–Crippen LogP) is 1.57. The molecule has 0 radical (unpaired) electrons. The second-order valence-corrected chi connectivity index (χ2v) is 5.76. The summed E-state index contributed by atoms with van der Waals surface area (Å²) >= 11 is 0. The lowest BCUT2D eigenvalue weighted by Crippen LogP contribution is -2.49. The van der Waals surface area contributed by atoms with Crippen molar-refractivity contribution in [3.05, 3.63) is 0 Å². The normalized spacial score (nSPS) is 29.6. The van der Waals surface area contributed by atoms with Gasteiger partial charge in [0.1, 0.15) is 0 Å². The molecular formula is C14H28N2O. The van der Waals surface area contributed by atoms with Crippen LogP contribution in [0.1, 0.15) is 39.0 Å². The van der Waals surface area contributed by atoms with Crippen molar-refractivity contribution < 1.29 is 5.11 Å². The zero-order chi connectivity index (χ0) is 12.1. The second kappa shape index (κ2) is 6.72. The van der Waals surface area contributed by atoms with Crippen LogP contribution in [0.25, 0.3) is 0 Å². The summed E-state index contributed by atoms with van der Waals surface area (Å²) in [6, 6.07) is 0.789. The van der Waals surface area contributed by atoms with Gasteiger partial charge in [0.05, 0.1) is 0 Å². The van der Waals surface area contributed by atoms with Gasteiger partial charge in [-0.25, -0.2) is 0 Å². The number of rotatable bonds is 4. The number of aliphatic hydroxyl groups is 1. The summed E-state index contributed by atoms with van der Waals surface area (Å²) in [5.41, 5.74) is 0. The molecular weight excluding hydrogens is 212 g/mol. The average molecular weight is 240 g/mol. The Morgan fingerprint density at radius 2 is 1.88 bits per heavy atom. The van der Waals surface area contributed by atoms with Gasteiger partial charge in [-0.1, -0.05) is 6.92 Å². The molecule has 0 amide bonds. The van der Waals surface area contributed by atoms with E-state index in [-0.39, 0.29) is 0 Å². The van der Waals surface area contributed by atoms with Crippen LogP contribution in [0.2, 0.25) is 0 Å². The number of hydrogen-bond donors (Lipinski definition) is 1. The van der Waals surface area contributed by atoms with Gasteiger partial charge in [-0.05, 0) is 64.2 Å². The van der Waals surface area contributed by atoms with Crippen LogP contribution < -0.4 is 0 Å². The molecule has 1 N–H and O–H groups in total. The van der Waals surface area contributed by atoms with Gasteiger partial charge in [-0.3, -0.25) is 4.90 Å². The fourth-order valence-electron chi connectivity index (χ4n) is 3.40. The summed E-state index contributed by atoms with van der Waals surface area (Å²) in [6.45, 7) is 8.86. The Labute approximate surface area is 106 Å². The van der Waals surface area contributed by atoms with Crippen molar-refractivity contribution in [2.75, 3.05) is 39.3 Å². The molecule has 1 unspecified atom stereocenters. The van der Waals surface area contributed by atoms with Gasteiger partial charge < -0.3 is 10.0 Å². The van der Waals surface area contributed by atoms with Gasteiger partial charge >= 0.3 is 0 Å². The van der Waals surface area contributed by atoms with Crippen molar-refractivity contribution in [2.24, 2.45) is 5.92 Å². The Kier molecular flexibility index (Phi) is 5.26. The van der Waals surface area contributed by atoms with Crippen molar-refractivity contribution in [3.63, 3.8) is 0 Å². The highest BCUT2D eigenvalue weighted by atomic mass is 16.3. The largest absolute Gasteiger partial charge is 0.396 e. The summed E-state index contributed by atoms with van der Waals surface area (Å²) in [7, 11) is 0. The number of hydrogen-bond acceptors (Lipinski definition) is 3. The highest BCUT2D eigenvalue weighted by Gasteiger charge is 2.28. The van der Waals surface area contributed by atoms with Crippen LogP contribution in [-0.2, 0) is 0 Å². The molecule has 2 rings (SSSR count). The Bertz CT molecular complexity index is 214. The number of piperidine rings is 2. The quantitative estimate of drug-likeness (QED) is 0.808. The summed E-state index contributed by atoms with van der Waals surface area (Å²) < 4.78 is 0. The molecule has 17 heavy (non-hydrogen) atoms. The summed E-state index contributed by atoms with van der Waals surface area (Å²) in [4.78, 5) is 5.25. The van der Waals surface area contributed by atoms with Gasteiger partial charge in [0.2, 0.25) is 0 Å². The summed E-state index contributed by atoms with van der Waals surface area (Å²) in [5, 5.41) is 9.28. The van der Waals surface area contributed by atoms with E-state index < -0.39 is 0 Å². The lowest BCUT2D eigenvalue weighted by Gasteiger charge is -2.42. The molecule has 3 nitrogen and oxygen atoms in total. The smallest absolute Gasteiger partial charge is 0.0471 e. The molecule has 1 atom stereocenters. The Morgan fingerprint density at radius 3 is 2.53 bits per heavy atom. The fourth-order valence-corrected chi connectivity index (χ4v) is 3.40. The van der Waals surface area contributed by atoms with Crippen LogP contribution in [0, 0.1) is 5.92 Å². The van der Waals surface area contributed by atoms with Crippen molar-refractivity contribution in [1.29, 1.82) is 0 Å². The standard InChI is InChI=1S/C14H28N2O/c1-2-7-15-9-5-14(6-10-15)16-8-3-4-13(11-16)12-17/h13-14,17H,2-12H2,1H3. The van der Waals surface area contributed by atoms with E-state index in [1.807, 2.05) is 0 Å². The van der Waals surface area contributed by atoms with E-state index in [2.05, 4.69) is 16.7 Å². The van der Waals surface area contributed by atoms with E-state index in [4.69, 9.17) is 0 Å². The molecule has 2 heterocycles. The first kappa shape index (κ1) is 13.3. The van der Waals surface area contributed by atoms with Crippen LogP contribution in [0.4, 0.5) is 0 Å². The van der Waals surface area contributed by atoms with Gasteiger partial charge in [-0.15, -0.1) is 0 Å². The number of nitrogens with zero attached hydrogens (tertiary/aromatic N) is 2. The molecule has 100 valence electrons. The highest BCUT2D eigenvalue weighted by molar-refractivity contribution is 4.83. The number of aliphatic hydroxyl groups excluding tert-OH is 1. The van der Waals surface area contributed by atoms with E-state index in [0.29, 0.717) is 12.5 Å². The van der Waals surface area contributed by atoms with Crippen LogP contribution in [0.3, 0.4) is 0 Å². The van der Waals surface area contributed by atoms with Crippen molar-refractivity contribution in [3.8, 4) is 0 Å². The van der Waals surface area contributed by atoms with Crippen LogP contribution in [-0.4, -0.2) is 60.3 Å². The molecule has 0 aromatic carbocycles. The summed E-state index contributed by atoms with van der Waals surface area (Å²) in [6.07, 6.45) is 6.44. The first-order valence-corrected chi connectivity index (χ1v) is 7.40. The minimum absolute atomic E-state index is 0.380. The lowest BCUT2D eigenvalue weighted by atomic mass is 9.94. The predicted molar refractivity (Wildman–Crippen MR) is 71.1 cm³/mol. The van der Waals surface area contributed by atoms with E-state index in [9.17, 15) is 5.11 Å².